The van der Waals surface area contributed by atoms with Gasteiger partial charge in [0.2, 0.25) is 11.1 Å². The Bertz CT molecular complexity index is 970. The number of carboxylic acids is 1. The molecule has 0 radical (unpaired) electrons. The molecule has 6 nitrogen and oxygen atoms in total. The Kier molecular flexibility index (Phi) is 4.14. The van der Waals surface area contributed by atoms with Crippen LogP contribution in [0.5, 0.6) is 0 Å². The number of halogens is 2. The van der Waals surface area contributed by atoms with Crippen molar-refractivity contribution in [1.82, 2.24) is 14.8 Å². The van der Waals surface area contributed by atoms with Crippen LogP contribution in [0, 0.1) is 0 Å². The Morgan fingerprint density at radius 3 is 2.74 bits per heavy atom. The molecule has 1 N–H and O–H groups in total. The van der Waals surface area contributed by atoms with E-state index in [4.69, 9.17) is 11.6 Å². The second-order valence-corrected chi connectivity index (χ2v) is 5.99. The molecule has 0 saturated carbocycles. The fraction of sp³-hybridized carbons (Fsp3) is 0.0667. The SMILES string of the molecule is O=C(O)c1nn(Cc2ccc(Br)nc2)c2c(Cl)cccc2c1=O. The van der Waals surface area contributed by atoms with Gasteiger partial charge in [0, 0.05) is 6.20 Å². The van der Waals surface area contributed by atoms with Crippen molar-refractivity contribution in [1.29, 1.82) is 0 Å². The number of carbonyl (C=O) groups is 1. The van der Waals surface area contributed by atoms with Crippen LogP contribution in [0.3, 0.4) is 0 Å². The maximum atomic E-state index is 12.2. The Balaban J connectivity index is 2.26. The molecule has 3 rings (SSSR count). The summed E-state index contributed by atoms with van der Waals surface area (Å²) in [7, 11) is 0. The second-order valence-electron chi connectivity index (χ2n) is 4.77. The first-order valence-electron chi connectivity index (χ1n) is 6.50. The summed E-state index contributed by atoms with van der Waals surface area (Å²) in [6.07, 6.45) is 1.63. The molecule has 1 aromatic carbocycles. The van der Waals surface area contributed by atoms with Crippen LogP contribution in [0.25, 0.3) is 10.9 Å². The van der Waals surface area contributed by atoms with E-state index in [1.807, 2.05) is 6.07 Å². The van der Waals surface area contributed by atoms with Crippen molar-refractivity contribution in [3.05, 3.63) is 67.6 Å². The molecule has 0 aliphatic carbocycles. The minimum atomic E-state index is -1.38. The zero-order valence-electron chi connectivity index (χ0n) is 11.5. The third-order valence-electron chi connectivity index (χ3n) is 3.25. The van der Waals surface area contributed by atoms with Gasteiger partial charge in [0.15, 0.2) is 0 Å². The van der Waals surface area contributed by atoms with Crippen LogP contribution in [-0.4, -0.2) is 25.8 Å². The molecule has 2 aromatic heterocycles. The van der Waals surface area contributed by atoms with Gasteiger partial charge in [-0.3, -0.25) is 9.48 Å². The number of para-hydroxylation sites is 1. The lowest BCUT2D eigenvalue weighted by atomic mass is 10.2. The Hall–Kier alpha value is -2.25. The molecule has 0 atom stereocenters. The van der Waals surface area contributed by atoms with Crippen LogP contribution in [-0.2, 0) is 6.54 Å². The second kappa shape index (κ2) is 6.10. The zero-order valence-corrected chi connectivity index (χ0v) is 13.9. The molecule has 3 aromatic rings. The number of fused-ring (bicyclic) bond motifs is 1. The molecule has 0 fully saturated rings. The summed E-state index contributed by atoms with van der Waals surface area (Å²) in [5.74, 6) is -1.38. The lowest BCUT2D eigenvalue weighted by Gasteiger charge is -2.12. The number of hydrogen-bond donors (Lipinski definition) is 1. The average molecular weight is 395 g/mol. The molecule has 8 heteroatoms. The van der Waals surface area contributed by atoms with Gasteiger partial charge < -0.3 is 5.11 Å². The van der Waals surface area contributed by atoms with Crippen molar-refractivity contribution in [2.75, 3.05) is 0 Å². The van der Waals surface area contributed by atoms with Crippen molar-refractivity contribution >= 4 is 44.4 Å². The largest absolute Gasteiger partial charge is 0.476 e. The highest BCUT2D eigenvalue weighted by Crippen LogP contribution is 2.21. The van der Waals surface area contributed by atoms with Gasteiger partial charge in [-0.1, -0.05) is 23.7 Å². The topological polar surface area (TPSA) is 85.1 Å². The van der Waals surface area contributed by atoms with E-state index in [0.29, 0.717) is 15.1 Å². The number of pyridine rings is 1. The van der Waals surface area contributed by atoms with Gasteiger partial charge in [0.05, 0.1) is 22.5 Å². The van der Waals surface area contributed by atoms with E-state index in [9.17, 15) is 14.7 Å². The van der Waals surface area contributed by atoms with Crippen LogP contribution in [0.4, 0.5) is 0 Å². The molecule has 2 heterocycles. The smallest absolute Gasteiger partial charge is 0.360 e. The maximum Gasteiger partial charge on any atom is 0.360 e. The van der Waals surface area contributed by atoms with Gasteiger partial charge in [-0.05, 0) is 39.7 Å². The zero-order chi connectivity index (χ0) is 16.6. The standard InChI is InChI=1S/C15H9BrClN3O3/c16-11-5-4-8(6-18-11)7-20-13-9(2-1-3-10(13)17)14(21)12(19-20)15(22)23/h1-6H,7H2,(H,22,23). The Labute approximate surface area is 143 Å². The molecule has 0 bridgehead atoms. The molecule has 23 heavy (non-hydrogen) atoms. The van der Waals surface area contributed by atoms with Crippen LogP contribution in [0.15, 0.2) is 45.9 Å². The molecule has 0 saturated heterocycles. The van der Waals surface area contributed by atoms with Gasteiger partial charge in [-0.25, -0.2) is 9.78 Å². The summed E-state index contributed by atoms with van der Waals surface area (Å²) in [5, 5.41) is 13.7. The number of hydrogen-bond acceptors (Lipinski definition) is 4. The predicted octanol–water partition coefficient (Wildman–Crippen LogP) is 2.95. The van der Waals surface area contributed by atoms with Gasteiger partial charge in [0.1, 0.15) is 4.60 Å². The van der Waals surface area contributed by atoms with Crippen molar-refractivity contribution in [3.8, 4) is 0 Å². The van der Waals surface area contributed by atoms with E-state index in [-0.39, 0.29) is 11.9 Å². The predicted molar refractivity (Wildman–Crippen MR) is 89.0 cm³/mol. The van der Waals surface area contributed by atoms with E-state index in [1.54, 1.807) is 24.4 Å². The summed E-state index contributed by atoms with van der Waals surface area (Å²) in [6.45, 7) is 0.237. The highest BCUT2D eigenvalue weighted by Gasteiger charge is 2.18. The number of nitrogens with zero attached hydrogens (tertiary/aromatic N) is 3. The normalized spacial score (nSPS) is 10.9. The fourth-order valence-electron chi connectivity index (χ4n) is 2.23. The maximum absolute atomic E-state index is 12.2. The third kappa shape index (κ3) is 2.97. The number of benzene rings is 1. The van der Waals surface area contributed by atoms with Crippen LogP contribution in [0.1, 0.15) is 16.1 Å². The summed E-state index contributed by atoms with van der Waals surface area (Å²) in [6, 6.07) is 8.35. The van der Waals surface area contributed by atoms with Crippen molar-refractivity contribution in [2.45, 2.75) is 6.54 Å². The monoisotopic (exact) mass is 393 g/mol. The lowest BCUT2D eigenvalue weighted by molar-refractivity contribution is 0.0686. The molecule has 0 aliphatic heterocycles. The summed E-state index contributed by atoms with van der Waals surface area (Å²) in [4.78, 5) is 27.6. The van der Waals surface area contributed by atoms with E-state index in [0.717, 1.165) is 5.56 Å². The van der Waals surface area contributed by atoms with Crippen LogP contribution in [0.2, 0.25) is 5.02 Å². The number of rotatable bonds is 3. The van der Waals surface area contributed by atoms with E-state index >= 15 is 0 Å². The fourth-order valence-corrected chi connectivity index (χ4v) is 2.74. The van der Waals surface area contributed by atoms with Gasteiger partial charge in [-0.2, -0.15) is 5.10 Å². The highest BCUT2D eigenvalue weighted by atomic mass is 79.9. The van der Waals surface area contributed by atoms with Gasteiger partial charge in [-0.15, -0.1) is 0 Å². The van der Waals surface area contributed by atoms with Gasteiger partial charge in [0.25, 0.3) is 0 Å². The Morgan fingerprint density at radius 2 is 2.09 bits per heavy atom. The highest BCUT2D eigenvalue weighted by molar-refractivity contribution is 9.10. The molecule has 0 unspecified atom stereocenters. The molecule has 116 valence electrons. The van der Waals surface area contributed by atoms with Crippen molar-refractivity contribution in [3.63, 3.8) is 0 Å². The quantitative estimate of drug-likeness (QED) is 0.690. The van der Waals surface area contributed by atoms with Crippen molar-refractivity contribution < 1.29 is 9.90 Å². The van der Waals surface area contributed by atoms with E-state index in [1.165, 1.54) is 10.7 Å². The van der Waals surface area contributed by atoms with E-state index < -0.39 is 17.1 Å². The first-order chi connectivity index (χ1) is 11.0. The number of aromatic carboxylic acids is 1. The average Bonchev–Trinajstić information content (AvgIpc) is 2.52. The number of carboxylic acid groups (broad SMARTS) is 1. The molecular formula is C15H9BrClN3O3. The first kappa shape index (κ1) is 15.6. The summed E-state index contributed by atoms with van der Waals surface area (Å²) < 4.78 is 2.09. The molecule has 0 amide bonds. The van der Waals surface area contributed by atoms with E-state index in [2.05, 4.69) is 26.0 Å². The Morgan fingerprint density at radius 1 is 1.30 bits per heavy atom. The molecule has 0 aliphatic rings. The minimum absolute atomic E-state index is 0.218. The lowest BCUT2D eigenvalue weighted by Crippen LogP contribution is -2.23. The minimum Gasteiger partial charge on any atom is -0.476 e. The first-order valence-corrected chi connectivity index (χ1v) is 7.67. The molecular weight excluding hydrogens is 386 g/mol. The molecule has 0 spiro atoms. The third-order valence-corrected chi connectivity index (χ3v) is 4.02. The van der Waals surface area contributed by atoms with Crippen molar-refractivity contribution in [2.24, 2.45) is 0 Å². The van der Waals surface area contributed by atoms with Crippen LogP contribution < -0.4 is 5.43 Å². The number of aromatic nitrogens is 3. The van der Waals surface area contributed by atoms with Crippen LogP contribution >= 0.6 is 27.5 Å². The summed E-state index contributed by atoms with van der Waals surface area (Å²) >= 11 is 9.44. The summed E-state index contributed by atoms with van der Waals surface area (Å²) in [5.41, 5.74) is -0.000915. The van der Waals surface area contributed by atoms with Gasteiger partial charge >= 0.3 is 5.97 Å².